The third kappa shape index (κ3) is 4.29. The minimum atomic E-state index is -0.528. The number of amides is 1. The number of benzene rings is 1. The molecular formula is C25H23N7O3. The van der Waals surface area contributed by atoms with Crippen molar-refractivity contribution in [3.05, 3.63) is 84.1 Å². The highest BCUT2D eigenvalue weighted by Crippen LogP contribution is 2.37. The van der Waals surface area contributed by atoms with Gasteiger partial charge < -0.3 is 20.1 Å². The molecule has 5 rings (SSSR count). The first kappa shape index (κ1) is 22.1. The van der Waals surface area contributed by atoms with Crippen molar-refractivity contribution in [1.82, 2.24) is 24.7 Å². The summed E-state index contributed by atoms with van der Waals surface area (Å²) in [6.07, 6.45) is 6.63. The van der Waals surface area contributed by atoms with Crippen LogP contribution in [0.25, 0.3) is 11.4 Å². The van der Waals surface area contributed by atoms with Gasteiger partial charge in [0.1, 0.15) is 17.5 Å². The average molecular weight is 470 g/mol. The van der Waals surface area contributed by atoms with Gasteiger partial charge in [-0.05, 0) is 48.9 Å². The zero-order valence-corrected chi connectivity index (χ0v) is 19.4. The van der Waals surface area contributed by atoms with Crippen LogP contribution in [0.5, 0.6) is 11.5 Å². The number of pyridine rings is 2. The predicted octanol–water partition coefficient (Wildman–Crippen LogP) is 3.68. The lowest BCUT2D eigenvalue weighted by Gasteiger charge is -2.28. The first-order chi connectivity index (χ1) is 17.1. The number of anilines is 2. The fourth-order valence-corrected chi connectivity index (χ4v) is 3.99. The number of methoxy groups -OCH3 is 2. The van der Waals surface area contributed by atoms with E-state index in [0.29, 0.717) is 40.2 Å². The maximum atomic E-state index is 13.5. The molecule has 0 fully saturated rings. The Bertz CT molecular complexity index is 1380. The van der Waals surface area contributed by atoms with Gasteiger partial charge in [0.05, 0.1) is 31.7 Å². The molecule has 1 atom stereocenters. The fourth-order valence-electron chi connectivity index (χ4n) is 3.99. The number of fused-ring (bicyclic) bond motifs is 1. The summed E-state index contributed by atoms with van der Waals surface area (Å²) in [4.78, 5) is 26.4. The number of hydrogen-bond donors (Lipinski definition) is 2. The van der Waals surface area contributed by atoms with Crippen molar-refractivity contribution in [2.24, 2.45) is 0 Å². The van der Waals surface area contributed by atoms with Gasteiger partial charge in [0.25, 0.3) is 5.91 Å². The number of nitrogens with zero attached hydrogens (tertiary/aromatic N) is 5. The Balaban J connectivity index is 1.60. The molecule has 1 amide bonds. The number of carbonyl (C=O) groups excluding carboxylic acids is 1. The molecule has 1 aliphatic rings. The molecule has 0 spiro atoms. The predicted molar refractivity (Wildman–Crippen MR) is 130 cm³/mol. The molecule has 1 aliphatic heterocycles. The molecule has 0 bridgehead atoms. The first-order valence-corrected chi connectivity index (χ1v) is 10.9. The zero-order valence-electron chi connectivity index (χ0n) is 19.4. The third-order valence-electron chi connectivity index (χ3n) is 5.65. The van der Waals surface area contributed by atoms with Crippen molar-refractivity contribution < 1.29 is 14.3 Å². The number of rotatable bonds is 6. The monoisotopic (exact) mass is 469 g/mol. The summed E-state index contributed by atoms with van der Waals surface area (Å²) in [6, 6.07) is 12.2. The molecule has 10 nitrogen and oxygen atoms in total. The third-order valence-corrected chi connectivity index (χ3v) is 5.65. The van der Waals surface area contributed by atoms with E-state index in [9.17, 15) is 4.79 Å². The van der Waals surface area contributed by atoms with E-state index >= 15 is 0 Å². The second kappa shape index (κ2) is 9.26. The molecule has 1 unspecified atom stereocenters. The minimum absolute atomic E-state index is 0.268. The van der Waals surface area contributed by atoms with Gasteiger partial charge in [-0.1, -0.05) is 0 Å². The molecule has 176 valence electrons. The number of nitrogens with one attached hydrogen (secondary N) is 2. The SMILES string of the molecule is COc1cc(OC)cc(-c2nc3n(n2)C(c2ccncc2)C(C(=O)Nc2cccnc2)=C(C)N3)c1. The van der Waals surface area contributed by atoms with Crippen LogP contribution in [0.2, 0.25) is 0 Å². The molecule has 0 saturated heterocycles. The van der Waals surface area contributed by atoms with Crippen LogP contribution in [-0.4, -0.2) is 44.9 Å². The van der Waals surface area contributed by atoms with Crippen molar-refractivity contribution >= 4 is 17.5 Å². The van der Waals surface area contributed by atoms with Gasteiger partial charge in [0.15, 0.2) is 5.82 Å². The number of aromatic nitrogens is 5. The molecule has 0 saturated carbocycles. The molecule has 10 heteroatoms. The van der Waals surface area contributed by atoms with Crippen LogP contribution < -0.4 is 20.1 Å². The van der Waals surface area contributed by atoms with Crippen molar-refractivity contribution in [2.75, 3.05) is 24.9 Å². The second-order valence-electron chi connectivity index (χ2n) is 7.85. The van der Waals surface area contributed by atoms with Crippen molar-refractivity contribution in [3.63, 3.8) is 0 Å². The van der Waals surface area contributed by atoms with E-state index in [1.165, 1.54) is 0 Å². The van der Waals surface area contributed by atoms with E-state index in [2.05, 4.69) is 20.6 Å². The standard InChI is InChI=1S/C25H23N7O3/c1-15-21(24(33)29-18-5-4-8-27-14-18)22(16-6-9-26-10-7-16)32-25(28-15)30-23(31-32)17-11-19(34-2)13-20(12-17)35-3/h4-14,22H,1-3H3,(H,29,33)(H,28,30,31). The Morgan fingerprint density at radius 2 is 1.77 bits per heavy atom. The number of carbonyl (C=O) groups is 1. The lowest BCUT2D eigenvalue weighted by molar-refractivity contribution is -0.113. The Morgan fingerprint density at radius 3 is 2.43 bits per heavy atom. The average Bonchev–Trinajstić information content (AvgIpc) is 3.32. The molecule has 4 aromatic rings. The summed E-state index contributed by atoms with van der Waals surface area (Å²) in [5.41, 5.74) is 3.34. The molecule has 35 heavy (non-hydrogen) atoms. The number of hydrogen-bond acceptors (Lipinski definition) is 8. The second-order valence-corrected chi connectivity index (χ2v) is 7.85. The number of allylic oxidation sites excluding steroid dienone is 1. The smallest absolute Gasteiger partial charge is 0.255 e. The van der Waals surface area contributed by atoms with E-state index in [-0.39, 0.29) is 5.91 Å². The van der Waals surface area contributed by atoms with E-state index in [0.717, 1.165) is 11.1 Å². The van der Waals surface area contributed by atoms with Gasteiger partial charge >= 0.3 is 0 Å². The Labute approximate surface area is 201 Å². The maximum Gasteiger partial charge on any atom is 0.255 e. The first-order valence-electron chi connectivity index (χ1n) is 10.9. The molecule has 3 aromatic heterocycles. The Morgan fingerprint density at radius 1 is 1.03 bits per heavy atom. The van der Waals surface area contributed by atoms with E-state index < -0.39 is 6.04 Å². The van der Waals surface area contributed by atoms with Gasteiger partial charge in [0, 0.05) is 35.9 Å². The molecule has 0 radical (unpaired) electrons. The largest absolute Gasteiger partial charge is 0.497 e. The molecule has 1 aromatic carbocycles. The molecule has 4 heterocycles. The summed E-state index contributed by atoms with van der Waals surface area (Å²) in [5, 5.41) is 11.0. The van der Waals surface area contributed by atoms with E-state index in [1.807, 2.05) is 31.2 Å². The van der Waals surface area contributed by atoms with Gasteiger partial charge in [-0.25, -0.2) is 4.68 Å². The normalized spacial score (nSPS) is 14.7. The van der Waals surface area contributed by atoms with Crippen LogP contribution in [-0.2, 0) is 4.79 Å². The summed E-state index contributed by atoms with van der Waals surface area (Å²) < 4.78 is 12.5. The summed E-state index contributed by atoms with van der Waals surface area (Å²) in [6.45, 7) is 1.85. The summed E-state index contributed by atoms with van der Waals surface area (Å²) >= 11 is 0. The van der Waals surface area contributed by atoms with Crippen LogP contribution in [0.3, 0.4) is 0 Å². The quantitative estimate of drug-likeness (QED) is 0.439. The van der Waals surface area contributed by atoms with Crippen molar-refractivity contribution in [2.45, 2.75) is 13.0 Å². The fraction of sp³-hybridized carbons (Fsp3) is 0.160. The van der Waals surface area contributed by atoms with Crippen LogP contribution in [0.15, 0.2) is 78.5 Å². The Kier molecular flexibility index (Phi) is 5.84. The van der Waals surface area contributed by atoms with Crippen LogP contribution in [0, 0.1) is 0 Å². The van der Waals surface area contributed by atoms with E-state index in [1.54, 1.807) is 61.9 Å². The van der Waals surface area contributed by atoms with Gasteiger partial charge in [-0.2, -0.15) is 4.98 Å². The molecular weight excluding hydrogens is 446 g/mol. The van der Waals surface area contributed by atoms with E-state index in [4.69, 9.17) is 19.6 Å². The number of ether oxygens (including phenoxy) is 2. The lowest BCUT2D eigenvalue weighted by Crippen LogP contribution is -2.31. The summed E-state index contributed by atoms with van der Waals surface area (Å²) in [7, 11) is 3.18. The van der Waals surface area contributed by atoms with Crippen LogP contribution >= 0.6 is 0 Å². The Hall–Kier alpha value is -4.73. The van der Waals surface area contributed by atoms with Gasteiger partial charge in [-0.15, -0.1) is 5.10 Å². The minimum Gasteiger partial charge on any atom is -0.497 e. The van der Waals surface area contributed by atoms with Gasteiger partial charge in [-0.3, -0.25) is 14.8 Å². The van der Waals surface area contributed by atoms with Crippen LogP contribution in [0.4, 0.5) is 11.6 Å². The van der Waals surface area contributed by atoms with Gasteiger partial charge in [0.2, 0.25) is 5.95 Å². The zero-order chi connectivity index (χ0) is 24.4. The highest BCUT2D eigenvalue weighted by molar-refractivity contribution is 6.05. The lowest BCUT2D eigenvalue weighted by atomic mass is 9.96. The van der Waals surface area contributed by atoms with Crippen molar-refractivity contribution in [1.29, 1.82) is 0 Å². The van der Waals surface area contributed by atoms with Crippen molar-refractivity contribution in [3.8, 4) is 22.9 Å². The topological polar surface area (TPSA) is 116 Å². The molecule has 2 N–H and O–H groups in total. The highest BCUT2D eigenvalue weighted by Gasteiger charge is 2.34. The summed E-state index contributed by atoms with van der Waals surface area (Å²) in [5.74, 6) is 1.95. The highest BCUT2D eigenvalue weighted by atomic mass is 16.5. The van der Waals surface area contributed by atoms with Crippen LogP contribution in [0.1, 0.15) is 18.5 Å². The molecule has 0 aliphatic carbocycles. The maximum absolute atomic E-state index is 13.5.